The van der Waals surface area contributed by atoms with Crippen molar-refractivity contribution < 1.29 is 14.7 Å². The number of urea groups is 1. The van der Waals surface area contributed by atoms with Crippen LogP contribution >= 0.6 is 11.3 Å². The topological polar surface area (TPSA) is 78.4 Å². The molecule has 0 aliphatic heterocycles. The predicted octanol–water partition coefficient (Wildman–Crippen LogP) is 3.29. The highest BCUT2D eigenvalue weighted by Crippen LogP contribution is 2.34. The number of amides is 2. The fourth-order valence-corrected chi connectivity index (χ4v) is 3.27. The number of carbonyl (C=O) groups excluding carboxylic acids is 1. The maximum absolute atomic E-state index is 12.0. The standard InChI is InChI=1S/C14H20N2O3S/c1-2-10-3-6-14(7-4-10,12(17)18)16-13(19)15-11-5-8-20-9-11/h5,8-10H,2-4,6-7H2,1H3,(H,17,18)(H2,15,16,19). The van der Waals surface area contributed by atoms with Crippen molar-refractivity contribution in [3.05, 3.63) is 16.8 Å². The van der Waals surface area contributed by atoms with Crippen molar-refractivity contribution in [1.29, 1.82) is 0 Å². The zero-order chi connectivity index (χ0) is 14.6. The average molecular weight is 296 g/mol. The van der Waals surface area contributed by atoms with E-state index < -0.39 is 17.5 Å². The molecule has 2 rings (SSSR count). The van der Waals surface area contributed by atoms with E-state index in [4.69, 9.17) is 0 Å². The van der Waals surface area contributed by atoms with Gasteiger partial charge >= 0.3 is 12.0 Å². The molecule has 0 saturated heterocycles. The molecule has 0 radical (unpaired) electrons. The molecule has 1 aliphatic rings. The number of aliphatic carboxylic acids is 1. The first-order valence-corrected chi connectivity index (χ1v) is 7.85. The first kappa shape index (κ1) is 14.8. The number of hydrogen-bond acceptors (Lipinski definition) is 3. The highest BCUT2D eigenvalue weighted by Gasteiger charge is 2.42. The summed E-state index contributed by atoms with van der Waals surface area (Å²) >= 11 is 1.48. The van der Waals surface area contributed by atoms with Crippen LogP contribution in [0.5, 0.6) is 0 Å². The van der Waals surface area contributed by atoms with Gasteiger partial charge in [-0.05, 0) is 43.0 Å². The Morgan fingerprint density at radius 3 is 2.65 bits per heavy atom. The smallest absolute Gasteiger partial charge is 0.329 e. The first-order chi connectivity index (χ1) is 9.55. The van der Waals surface area contributed by atoms with Gasteiger partial charge in [-0.25, -0.2) is 9.59 Å². The van der Waals surface area contributed by atoms with Crippen LogP contribution in [-0.4, -0.2) is 22.6 Å². The second-order valence-corrected chi connectivity index (χ2v) is 6.11. The number of thiophene rings is 1. The number of carboxylic acid groups (broad SMARTS) is 1. The SMILES string of the molecule is CCC1CCC(NC(=O)Nc2ccsc2)(C(=O)O)CC1. The third kappa shape index (κ3) is 3.30. The van der Waals surface area contributed by atoms with E-state index in [1.807, 2.05) is 5.38 Å². The molecule has 0 aromatic carbocycles. The zero-order valence-electron chi connectivity index (χ0n) is 11.5. The quantitative estimate of drug-likeness (QED) is 0.797. The van der Waals surface area contributed by atoms with Gasteiger partial charge in [0.15, 0.2) is 0 Å². The highest BCUT2D eigenvalue weighted by atomic mass is 32.1. The van der Waals surface area contributed by atoms with Gasteiger partial charge in [-0.2, -0.15) is 11.3 Å². The lowest BCUT2D eigenvalue weighted by Crippen LogP contribution is -2.57. The molecule has 1 aliphatic carbocycles. The zero-order valence-corrected chi connectivity index (χ0v) is 12.3. The summed E-state index contributed by atoms with van der Waals surface area (Å²) < 4.78 is 0. The summed E-state index contributed by atoms with van der Waals surface area (Å²) in [5.41, 5.74) is -0.429. The maximum atomic E-state index is 12.0. The summed E-state index contributed by atoms with van der Waals surface area (Å²) in [6.45, 7) is 2.12. The number of rotatable bonds is 4. The fraction of sp³-hybridized carbons (Fsp3) is 0.571. The van der Waals surface area contributed by atoms with Gasteiger partial charge in [0, 0.05) is 5.38 Å². The summed E-state index contributed by atoms with van der Waals surface area (Å²) in [6, 6.07) is 1.34. The molecule has 0 unspecified atom stereocenters. The fourth-order valence-electron chi connectivity index (χ4n) is 2.69. The Balaban J connectivity index is 1.99. The molecule has 1 heterocycles. The third-order valence-electron chi connectivity index (χ3n) is 4.08. The molecular formula is C14H20N2O3S. The monoisotopic (exact) mass is 296 g/mol. The molecule has 20 heavy (non-hydrogen) atoms. The Bertz CT molecular complexity index is 465. The van der Waals surface area contributed by atoms with Gasteiger partial charge in [0.1, 0.15) is 5.54 Å². The molecule has 6 heteroatoms. The molecule has 1 aromatic heterocycles. The van der Waals surface area contributed by atoms with Crippen LogP contribution in [0.2, 0.25) is 0 Å². The minimum Gasteiger partial charge on any atom is -0.480 e. The second kappa shape index (κ2) is 6.26. The van der Waals surface area contributed by atoms with Crippen LogP contribution in [0.1, 0.15) is 39.0 Å². The van der Waals surface area contributed by atoms with Gasteiger partial charge in [0.25, 0.3) is 0 Å². The van der Waals surface area contributed by atoms with E-state index in [1.54, 1.807) is 11.4 Å². The summed E-state index contributed by atoms with van der Waals surface area (Å²) in [4.78, 5) is 23.5. The minimum atomic E-state index is -1.12. The number of carbonyl (C=O) groups is 2. The number of carboxylic acids is 1. The molecule has 2 amide bonds. The first-order valence-electron chi connectivity index (χ1n) is 6.90. The Morgan fingerprint density at radius 2 is 2.15 bits per heavy atom. The van der Waals surface area contributed by atoms with Crippen molar-refractivity contribution in [3.63, 3.8) is 0 Å². The van der Waals surface area contributed by atoms with Crippen LogP contribution in [-0.2, 0) is 4.79 Å². The molecule has 0 bridgehead atoms. The number of nitrogens with one attached hydrogen (secondary N) is 2. The van der Waals surface area contributed by atoms with Crippen molar-refractivity contribution >= 4 is 29.0 Å². The lowest BCUT2D eigenvalue weighted by molar-refractivity contribution is -0.146. The van der Waals surface area contributed by atoms with E-state index in [0.717, 1.165) is 19.3 Å². The van der Waals surface area contributed by atoms with Crippen molar-refractivity contribution in [2.75, 3.05) is 5.32 Å². The largest absolute Gasteiger partial charge is 0.480 e. The summed E-state index contributed by atoms with van der Waals surface area (Å²) in [5, 5.41) is 18.5. The summed E-state index contributed by atoms with van der Waals surface area (Å²) in [5.74, 6) is -0.364. The molecular weight excluding hydrogens is 276 g/mol. The lowest BCUT2D eigenvalue weighted by Gasteiger charge is -2.37. The Labute approximate surface area is 122 Å². The van der Waals surface area contributed by atoms with Crippen molar-refractivity contribution in [3.8, 4) is 0 Å². The van der Waals surface area contributed by atoms with Crippen LogP contribution in [0.15, 0.2) is 16.8 Å². The Morgan fingerprint density at radius 1 is 1.45 bits per heavy atom. The third-order valence-corrected chi connectivity index (χ3v) is 4.76. The minimum absolute atomic E-state index is 0.444. The summed E-state index contributed by atoms with van der Waals surface area (Å²) in [7, 11) is 0. The van der Waals surface area contributed by atoms with Gasteiger partial charge < -0.3 is 15.7 Å². The number of anilines is 1. The molecule has 0 spiro atoms. The van der Waals surface area contributed by atoms with E-state index in [-0.39, 0.29) is 0 Å². The highest BCUT2D eigenvalue weighted by molar-refractivity contribution is 7.08. The van der Waals surface area contributed by atoms with E-state index >= 15 is 0 Å². The molecule has 110 valence electrons. The lowest BCUT2D eigenvalue weighted by atomic mass is 9.75. The summed E-state index contributed by atoms with van der Waals surface area (Å²) in [6.07, 6.45) is 3.76. The molecule has 1 saturated carbocycles. The molecule has 3 N–H and O–H groups in total. The second-order valence-electron chi connectivity index (χ2n) is 5.33. The Hall–Kier alpha value is -1.56. The van der Waals surface area contributed by atoms with Gasteiger partial charge in [-0.15, -0.1) is 0 Å². The van der Waals surface area contributed by atoms with Gasteiger partial charge in [0.05, 0.1) is 5.69 Å². The van der Waals surface area contributed by atoms with Crippen LogP contribution in [0, 0.1) is 5.92 Å². The van der Waals surface area contributed by atoms with Crippen LogP contribution in [0.25, 0.3) is 0 Å². The molecule has 0 atom stereocenters. The van der Waals surface area contributed by atoms with Crippen molar-refractivity contribution in [1.82, 2.24) is 5.32 Å². The van der Waals surface area contributed by atoms with Crippen LogP contribution in [0.4, 0.5) is 10.5 Å². The van der Waals surface area contributed by atoms with Crippen LogP contribution in [0.3, 0.4) is 0 Å². The average Bonchev–Trinajstić information content (AvgIpc) is 2.92. The number of hydrogen-bond donors (Lipinski definition) is 3. The van der Waals surface area contributed by atoms with Gasteiger partial charge in [-0.1, -0.05) is 13.3 Å². The van der Waals surface area contributed by atoms with Crippen LogP contribution < -0.4 is 10.6 Å². The van der Waals surface area contributed by atoms with E-state index in [1.165, 1.54) is 11.3 Å². The van der Waals surface area contributed by atoms with Gasteiger partial charge in [-0.3, -0.25) is 0 Å². The molecule has 1 aromatic rings. The predicted molar refractivity (Wildman–Crippen MR) is 79.1 cm³/mol. The van der Waals surface area contributed by atoms with Crippen molar-refractivity contribution in [2.45, 2.75) is 44.6 Å². The van der Waals surface area contributed by atoms with Crippen molar-refractivity contribution in [2.24, 2.45) is 5.92 Å². The van der Waals surface area contributed by atoms with E-state index in [9.17, 15) is 14.7 Å². The normalized spacial score (nSPS) is 25.9. The Kier molecular flexibility index (Phi) is 4.65. The van der Waals surface area contributed by atoms with Gasteiger partial charge in [0.2, 0.25) is 0 Å². The van der Waals surface area contributed by atoms with E-state index in [2.05, 4.69) is 17.6 Å². The molecule has 1 fully saturated rings. The maximum Gasteiger partial charge on any atom is 0.329 e. The van der Waals surface area contributed by atoms with E-state index in [0.29, 0.717) is 24.4 Å². The molecule has 5 nitrogen and oxygen atoms in total.